The minimum atomic E-state index is -0.166. The predicted molar refractivity (Wildman–Crippen MR) is 92.0 cm³/mol. The van der Waals surface area contributed by atoms with Crippen molar-refractivity contribution in [3.63, 3.8) is 0 Å². The van der Waals surface area contributed by atoms with Crippen LogP contribution < -0.4 is 5.32 Å². The summed E-state index contributed by atoms with van der Waals surface area (Å²) >= 11 is 0. The summed E-state index contributed by atoms with van der Waals surface area (Å²) < 4.78 is 2.14. The quantitative estimate of drug-likeness (QED) is 0.876. The van der Waals surface area contributed by atoms with Gasteiger partial charge in [-0.15, -0.1) is 0 Å². The van der Waals surface area contributed by atoms with Crippen molar-refractivity contribution < 1.29 is 9.59 Å². The van der Waals surface area contributed by atoms with Gasteiger partial charge in [-0.2, -0.15) is 0 Å². The minimum absolute atomic E-state index is 0.0381. The van der Waals surface area contributed by atoms with Crippen LogP contribution in [0.1, 0.15) is 39.9 Å². The fraction of sp³-hybridized carbons (Fsp3) is 0.389. The summed E-state index contributed by atoms with van der Waals surface area (Å²) in [5, 5.41) is 2.68. The lowest BCUT2D eigenvalue weighted by molar-refractivity contribution is 0.0955. The molecule has 1 aromatic heterocycles. The third kappa shape index (κ3) is 2.97. The SMILES string of the molecule is CNC(=O)c1nc(-c2ccc(C(C)=O)cc2)n2c1CN(C)CCC2. The van der Waals surface area contributed by atoms with Gasteiger partial charge in [-0.1, -0.05) is 24.3 Å². The summed E-state index contributed by atoms with van der Waals surface area (Å²) in [5.74, 6) is 0.658. The molecule has 6 heteroatoms. The van der Waals surface area contributed by atoms with Crippen LogP contribution in [0.4, 0.5) is 0 Å². The number of nitrogens with one attached hydrogen (secondary N) is 1. The molecule has 0 atom stereocenters. The highest BCUT2D eigenvalue weighted by molar-refractivity contribution is 5.95. The second kappa shape index (κ2) is 6.57. The highest BCUT2D eigenvalue weighted by Gasteiger charge is 2.25. The number of hydrogen-bond acceptors (Lipinski definition) is 4. The fourth-order valence-corrected chi connectivity index (χ4v) is 3.10. The summed E-state index contributed by atoms with van der Waals surface area (Å²) in [6.07, 6.45) is 1.01. The number of carbonyl (C=O) groups is 2. The van der Waals surface area contributed by atoms with E-state index in [-0.39, 0.29) is 11.7 Å². The zero-order valence-corrected chi connectivity index (χ0v) is 14.3. The summed E-state index contributed by atoms with van der Waals surface area (Å²) in [5.41, 5.74) is 3.02. The molecule has 1 aromatic carbocycles. The van der Waals surface area contributed by atoms with Crippen LogP contribution in [0.2, 0.25) is 0 Å². The van der Waals surface area contributed by atoms with Crippen molar-refractivity contribution in [3.8, 4) is 11.4 Å². The van der Waals surface area contributed by atoms with E-state index in [2.05, 4.69) is 26.8 Å². The van der Waals surface area contributed by atoms with Gasteiger partial charge in [0.05, 0.1) is 5.69 Å². The maximum Gasteiger partial charge on any atom is 0.271 e. The Labute approximate surface area is 141 Å². The van der Waals surface area contributed by atoms with Gasteiger partial charge in [0, 0.05) is 31.3 Å². The normalized spacial score (nSPS) is 14.8. The van der Waals surface area contributed by atoms with Crippen LogP contribution >= 0.6 is 0 Å². The number of rotatable bonds is 3. The largest absolute Gasteiger partial charge is 0.354 e. The minimum Gasteiger partial charge on any atom is -0.354 e. The molecule has 1 aliphatic heterocycles. The molecular weight excluding hydrogens is 304 g/mol. The van der Waals surface area contributed by atoms with Gasteiger partial charge < -0.3 is 14.8 Å². The maximum atomic E-state index is 12.2. The Morgan fingerprint density at radius 3 is 2.50 bits per heavy atom. The molecule has 0 radical (unpaired) electrons. The third-order valence-corrected chi connectivity index (χ3v) is 4.41. The lowest BCUT2D eigenvalue weighted by Crippen LogP contribution is -2.23. The number of imidazole rings is 1. The molecule has 2 heterocycles. The van der Waals surface area contributed by atoms with E-state index in [1.165, 1.54) is 0 Å². The van der Waals surface area contributed by atoms with E-state index < -0.39 is 0 Å². The van der Waals surface area contributed by atoms with Gasteiger partial charge in [-0.05, 0) is 26.9 Å². The second-order valence-corrected chi connectivity index (χ2v) is 6.19. The first-order chi connectivity index (χ1) is 11.5. The summed E-state index contributed by atoms with van der Waals surface area (Å²) in [7, 11) is 3.67. The molecule has 0 bridgehead atoms. The summed E-state index contributed by atoms with van der Waals surface area (Å²) in [6, 6.07) is 7.41. The molecule has 0 unspecified atom stereocenters. The molecule has 2 aromatic rings. The standard InChI is InChI=1S/C18H22N4O2/c1-12(23)13-5-7-14(8-6-13)17-20-16(18(24)19-2)15-11-21(3)9-4-10-22(15)17/h5-8H,4,9-11H2,1-3H3,(H,19,24). The van der Waals surface area contributed by atoms with Crippen molar-refractivity contribution in [2.75, 3.05) is 20.6 Å². The van der Waals surface area contributed by atoms with Gasteiger partial charge >= 0.3 is 0 Å². The van der Waals surface area contributed by atoms with Gasteiger partial charge in [0.15, 0.2) is 11.5 Å². The lowest BCUT2D eigenvalue weighted by atomic mass is 10.1. The first kappa shape index (κ1) is 16.4. The Kier molecular flexibility index (Phi) is 4.49. The highest BCUT2D eigenvalue weighted by atomic mass is 16.1. The molecule has 0 saturated carbocycles. The van der Waals surface area contributed by atoms with Crippen LogP contribution in [-0.4, -0.2) is 46.8 Å². The van der Waals surface area contributed by atoms with Gasteiger partial charge in [-0.3, -0.25) is 9.59 Å². The van der Waals surface area contributed by atoms with E-state index in [4.69, 9.17) is 0 Å². The number of Topliss-reactive ketones (excluding diaryl/α,β-unsaturated/α-hetero) is 1. The Bertz CT molecular complexity index is 777. The Morgan fingerprint density at radius 2 is 1.88 bits per heavy atom. The molecular formula is C18H22N4O2. The predicted octanol–water partition coefficient (Wildman–Crippen LogP) is 1.95. The molecule has 0 saturated heterocycles. The van der Waals surface area contributed by atoms with Crippen molar-refractivity contribution in [1.29, 1.82) is 0 Å². The molecule has 0 aliphatic carbocycles. The van der Waals surface area contributed by atoms with Crippen LogP contribution in [0.3, 0.4) is 0 Å². The molecule has 0 fully saturated rings. The zero-order valence-electron chi connectivity index (χ0n) is 14.3. The van der Waals surface area contributed by atoms with E-state index in [1.54, 1.807) is 14.0 Å². The Morgan fingerprint density at radius 1 is 1.17 bits per heavy atom. The Hall–Kier alpha value is -2.47. The molecule has 1 N–H and O–H groups in total. The number of aromatic nitrogens is 2. The van der Waals surface area contributed by atoms with E-state index in [9.17, 15) is 9.59 Å². The van der Waals surface area contributed by atoms with Gasteiger partial charge in [0.1, 0.15) is 5.82 Å². The van der Waals surface area contributed by atoms with Crippen LogP contribution in [0, 0.1) is 0 Å². The van der Waals surface area contributed by atoms with Crippen molar-refractivity contribution >= 4 is 11.7 Å². The molecule has 1 amide bonds. The van der Waals surface area contributed by atoms with E-state index in [0.717, 1.165) is 36.6 Å². The van der Waals surface area contributed by atoms with Gasteiger partial charge in [0.2, 0.25) is 0 Å². The summed E-state index contributed by atoms with van der Waals surface area (Å²) in [6.45, 7) is 4.06. The molecule has 1 aliphatic rings. The third-order valence-electron chi connectivity index (χ3n) is 4.41. The summed E-state index contributed by atoms with van der Waals surface area (Å²) in [4.78, 5) is 30.5. The molecule has 3 rings (SSSR count). The van der Waals surface area contributed by atoms with E-state index in [0.29, 0.717) is 17.8 Å². The highest BCUT2D eigenvalue weighted by Crippen LogP contribution is 2.26. The number of nitrogens with zero attached hydrogens (tertiary/aromatic N) is 3. The lowest BCUT2D eigenvalue weighted by Gasteiger charge is -2.12. The van der Waals surface area contributed by atoms with Crippen molar-refractivity contribution in [3.05, 3.63) is 41.2 Å². The number of fused-ring (bicyclic) bond motifs is 1. The Balaban J connectivity index is 2.10. The number of hydrogen-bond donors (Lipinski definition) is 1. The molecule has 0 spiro atoms. The molecule has 126 valence electrons. The number of benzene rings is 1. The van der Waals surface area contributed by atoms with Crippen LogP contribution in [0.15, 0.2) is 24.3 Å². The molecule has 6 nitrogen and oxygen atoms in total. The smallest absolute Gasteiger partial charge is 0.271 e. The van der Waals surface area contributed by atoms with Crippen LogP contribution in [0.5, 0.6) is 0 Å². The van der Waals surface area contributed by atoms with Gasteiger partial charge in [-0.25, -0.2) is 4.98 Å². The maximum absolute atomic E-state index is 12.2. The zero-order chi connectivity index (χ0) is 17.3. The van der Waals surface area contributed by atoms with Crippen LogP contribution in [-0.2, 0) is 13.1 Å². The number of ketones is 1. The van der Waals surface area contributed by atoms with Crippen LogP contribution in [0.25, 0.3) is 11.4 Å². The topological polar surface area (TPSA) is 67.2 Å². The second-order valence-electron chi connectivity index (χ2n) is 6.19. The van der Waals surface area contributed by atoms with E-state index in [1.807, 2.05) is 24.3 Å². The first-order valence-electron chi connectivity index (χ1n) is 8.12. The number of carbonyl (C=O) groups excluding carboxylic acids is 2. The first-order valence-corrected chi connectivity index (χ1v) is 8.12. The van der Waals surface area contributed by atoms with E-state index >= 15 is 0 Å². The van der Waals surface area contributed by atoms with Crippen molar-refractivity contribution in [2.24, 2.45) is 0 Å². The van der Waals surface area contributed by atoms with Crippen molar-refractivity contribution in [1.82, 2.24) is 19.8 Å². The molecule has 24 heavy (non-hydrogen) atoms. The van der Waals surface area contributed by atoms with Crippen molar-refractivity contribution in [2.45, 2.75) is 26.4 Å². The average molecular weight is 326 g/mol. The van der Waals surface area contributed by atoms with Gasteiger partial charge in [0.25, 0.3) is 5.91 Å². The monoisotopic (exact) mass is 326 g/mol. The average Bonchev–Trinajstić information content (AvgIpc) is 2.81. The number of amides is 1. The fourth-order valence-electron chi connectivity index (χ4n) is 3.10.